The molecule has 0 unspecified atom stereocenters. The molecule has 0 heterocycles. The largest absolute Gasteiger partial charge is 0.493 e. The third-order valence-corrected chi connectivity index (χ3v) is 3.97. The summed E-state index contributed by atoms with van der Waals surface area (Å²) in [6.45, 7) is 0. The summed E-state index contributed by atoms with van der Waals surface area (Å²) in [6.07, 6.45) is 3.03. The number of nitro groups is 1. The summed E-state index contributed by atoms with van der Waals surface area (Å²) in [7, 11) is 3.07. The van der Waals surface area contributed by atoms with Gasteiger partial charge in [0.2, 0.25) is 0 Å². The molecular weight excluding hydrogens is 378 g/mol. The number of hydrogen-bond donors (Lipinski definition) is 0. The molecule has 2 rings (SSSR count). The zero-order valence-corrected chi connectivity index (χ0v) is 14.6. The van der Waals surface area contributed by atoms with E-state index < -0.39 is 4.92 Å². The number of methoxy groups -OCH3 is 2. The Hall–Kier alpha value is -2.67. The molecule has 0 fully saturated rings. The molecule has 7 heteroatoms. The average molecular weight is 392 g/mol. The van der Waals surface area contributed by atoms with Crippen molar-refractivity contribution >= 4 is 33.5 Å². The molecule has 0 saturated heterocycles. The normalized spacial score (nSPS) is 10.6. The van der Waals surface area contributed by atoms with Crippen LogP contribution in [0.25, 0.3) is 6.08 Å². The van der Waals surface area contributed by atoms with E-state index in [4.69, 9.17) is 9.47 Å². The van der Waals surface area contributed by atoms with E-state index in [9.17, 15) is 14.9 Å². The molecule has 0 aromatic heterocycles. The van der Waals surface area contributed by atoms with Gasteiger partial charge in [0.05, 0.1) is 19.1 Å². The highest BCUT2D eigenvalue weighted by molar-refractivity contribution is 9.10. The van der Waals surface area contributed by atoms with Gasteiger partial charge in [0, 0.05) is 22.2 Å². The SMILES string of the molecule is COc1cc(Br)c(C=CC(=O)c2ccc([N+](=O)[O-])cc2)cc1OC. The zero-order valence-electron chi connectivity index (χ0n) is 13.0. The van der Waals surface area contributed by atoms with E-state index >= 15 is 0 Å². The van der Waals surface area contributed by atoms with Gasteiger partial charge in [-0.15, -0.1) is 0 Å². The number of rotatable bonds is 6. The Kier molecular flexibility index (Phi) is 5.70. The zero-order chi connectivity index (χ0) is 17.7. The van der Waals surface area contributed by atoms with E-state index in [1.807, 2.05) is 0 Å². The van der Waals surface area contributed by atoms with Gasteiger partial charge in [-0.3, -0.25) is 14.9 Å². The van der Waals surface area contributed by atoms with E-state index in [0.717, 1.165) is 10.0 Å². The second-order valence-electron chi connectivity index (χ2n) is 4.73. The molecule has 24 heavy (non-hydrogen) atoms. The maximum Gasteiger partial charge on any atom is 0.269 e. The van der Waals surface area contributed by atoms with Gasteiger partial charge < -0.3 is 9.47 Å². The van der Waals surface area contributed by atoms with Crippen molar-refractivity contribution in [2.24, 2.45) is 0 Å². The highest BCUT2D eigenvalue weighted by atomic mass is 79.9. The topological polar surface area (TPSA) is 78.7 Å². The monoisotopic (exact) mass is 391 g/mol. The summed E-state index contributed by atoms with van der Waals surface area (Å²) in [5.41, 5.74) is 1.05. The second-order valence-corrected chi connectivity index (χ2v) is 5.58. The molecule has 0 aliphatic rings. The van der Waals surface area contributed by atoms with Crippen LogP contribution in [0.3, 0.4) is 0 Å². The number of non-ortho nitro benzene ring substituents is 1. The molecule has 0 amide bonds. The van der Waals surface area contributed by atoms with Crippen molar-refractivity contribution < 1.29 is 19.2 Å². The molecule has 6 nitrogen and oxygen atoms in total. The van der Waals surface area contributed by atoms with Crippen molar-refractivity contribution in [3.8, 4) is 11.5 Å². The first-order valence-electron chi connectivity index (χ1n) is 6.84. The lowest BCUT2D eigenvalue weighted by atomic mass is 10.1. The number of nitrogens with zero attached hydrogens (tertiary/aromatic N) is 1. The molecule has 0 atom stereocenters. The van der Waals surface area contributed by atoms with E-state index in [0.29, 0.717) is 17.1 Å². The summed E-state index contributed by atoms with van der Waals surface area (Å²) in [6, 6.07) is 8.93. The molecule has 0 N–H and O–H groups in total. The van der Waals surface area contributed by atoms with Gasteiger partial charge in [-0.2, -0.15) is 0 Å². The quantitative estimate of drug-likeness (QED) is 0.318. The highest BCUT2D eigenvalue weighted by Crippen LogP contribution is 2.33. The molecule has 0 aliphatic heterocycles. The van der Waals surface area contributed by atoms with Crippen LogP contribution in [0.2, 0.25) is 0 Å². The molecule has 0 radical (unpaired) electrons. The van der Waals surface area contributed by atoms with E-state index in [2.05, 4.69) is 15.9 Å². The second kappa shape index (κ2) is 7.74. The maximum absolute atomic E-state index is 12.2. The predicted molar refractivity (Wildman–Crippen MR) is 93.7 cm³/mol. The predicted octanol–water partition coefficient (Wildman–Crippen LogP) is 4.27. The number of nitro benzene ring substituents is 1. The van der Waals surface area contributed by atoms with Crippen LogP contribution in [-0.2, 0) is 0 Å². The lowest BCUT2D eigenvalue weighted by molar-refractivity contribution is -0.384. The molecule has 2 aromatic carbocycles. The van der Waals surface area contributed by atoms with E-state index in [1.54, 1.807) is 18.2 Å². The Balaban J connectivity index is 2.23. The number of hydrogen-bond acceptors (Lipinski definition) is 5. The van der Waals surface area contributed by atoms with Crippen molar-refractivity contribution in [2.75, 3.05) is 14.2 Å². The van der Waals surface area contributed by atoms with Gasteiger partial charge in [-0.1, -0.05) is 15.9 Å². The average Bonchev–Trinajstić information content (AvgIpc) is 2.60. The Morgan fingerprint density at radius 1 is 1.12 bits per heavy atom. The molecule has 0 saturated carbocycles. The summed E-state index contributed by atoms with van der Waals surface area (Å²) in [5.74, 6) is 0.859. The van der Waals surface area contributed by atoms with E-state index in [-0.39, 0.29) is 11.5 Å². The van der Waals surface area contributed by atoms with Crippen LogP contribution in [0.5, 0.6) is 11.5 Å². The van der Waals surface area contributed by atoms with Crippen molar-refractivity contribution in [3.63, 3.8) is 0 Å². The molecule has 124 valence electrons. The number of allylic oxidation sites excluding steroid dienone is 1. The minimum atomic E-state index is -0.509. The van der Waals surface area contributed by atoms with Crippen LogP contribution in [0.15, 0.2) is 46.9 Å². The van der Waals surface area contributed by atoms with Gasteiger partial charge in [0.25, 0.3) is 5.69 Å². The van der Waals surface area contributed by atoms with Gasteiger partial charge in [-0.25, -0.2) is 0 Å². The smallest absolute Gasteiger partial charge is 0.269 e. The Labute approximate surface area is 147 Å². The van der Waals surface area contributed by atoms with Gasteiger partial charge in [0.1, 0.15) is 0 Å². The van der Waals surface area contributed by atoms with E-state index in [1.165, 1.54) is 44.6 Å². The lowest BCUT2D eigenvalue weighted by Crippen LogP contribution is -1.95. The number of carbonyl (C=O) groups excluding carboxylic acids is 1. The molecule has 0 bridgehead atoms. The molecular formula is C17H14BrNO5. The van der Waals surface area contributed by atoms with Gasteiger partial charge >= 0.3 is 0 Å². The maximum atomic E-state index is 12.2. The highest BCUT2D eigenvalue weighted by Gasteiger charge is 2.10. The van der Waals surface area contributed by atoms with Crippen molar-refractivity contribution in [2.45, 2.75) is 0 Å². The third-order valence-electron chi connectivity index (χ3n) is 3.28. The number of carbonyl (C=O) groups is 1. The van der Waals surface area contributed by atoms with Gasteiger partial charge in [0.15, 0.2) is 17.3 Å². The summed E-state index contributed by atoms with van der Waals surface area (Å²) < 4.78 is 11.2. The molecule has 0 aliphatic carbocycles. The summed E-state index contributed by atoms with van der Waals surface area (Å²) >= 11 is 3.41. The first-order valence-corrected chi connectivity index (χ1v) is 7.64. The van der Waals surface area contributed by atoms with Crippen LogP contribution in [-0.4, -0.2) is 24.9 Å². The Morgan fingerprint density at radius 3 is 2.25 bits per heavy atom. The fourth-order valence-corrected chi connectivity index (χ4v) is 2.46. The summed E-state index contributed by atoms with van der Waals surface area (Å²) in [5, 5.41) is 10.6. The van der Waals surface area contributed by atoms with Crippen LogP contribution in [0.1, 0.15) is 15.9 Å². The minimum absolute atomic E-state index is 0.0573. The standard InChI is InChI=1S/C17H14BrNO5/c1-23-16-9-12(14(18)10-17(16)24-2)5-8-15(20)11-3-6-13(7-4-11)19(21)22/h3-10H,1-2H3. The number of ether oxygens (including phenoxy) is 2. The van der Waals surface area contributed by atoms with Crippen LogP contribution in [0.4, 0.5) is 5.69 Å². The van der Waals surface area contributed by atoms with Crippen molar-refractivity contribution in [3.05, 3.63) is 68.2 Å². The van der Waals surface area contributed by atoms with Crippen molar-refractivity contribution in [1.82, 2.24) is 0 Å². The first-order chi connectivity index (χ1) is 11.5. The third kappa shape index (κ3) is 3.99. The van der Waals surface area contributed by atoms with Crippen LogP contribution in [0, 0.1) is 10.1 Å². The lowest BCUT2D eigenvalue weighted by Gasteiger charge is -2.09. The van der Waals surface area contributed by atoms with Crippen LogP contribution < -0.4 is 9.47 Å². The van der Waals surface area contributed by atoms with Crippen LogP contribution >= 0.6 is 15.9 Å². The van der Waals surface area contributed by atoms with Gasteiger partial charge in [-0.05, 0) is 42.0 Å². The number of benzene rings is 2. The molecule has 0 spiro atoms. The Bertz CT molecular complexity index is 799. The van der Waals surface area contributed by atoms with Crippen molar-refractivity contribution in [1.29, 1.82) is 0 Å². The molecule has 2 aromatic rings. The fourth-order valence-electron chi connectivity index (χ4n) is 2.01. The Morgan fingerprint density at radius 2 is 1.71 bits per heavy atom. The summed E-state index contributed by atoms with van der Waals surface area (Å²) in [4.78, 5) is 22.3. The first kappa shape index (κ1) is 17.7. The number of ketones is 1. The minimum Gasteiger partial charge on any atom is -0.493 e. The fraction of sp³-hybridized carbons (Fsp3) is 0.118. The number of halogens is 1.